The number of ketones is 1. The molecule has 18 heavy (non-hydrogen) atoms. The van der Waals surface area contributed by atoms with Crippen molar-refractivity contribution in [2.45, 2.75) is 26.4 Å². The fraction of sp³-hybridized carbons (Fsp3) is 0.500. The van der Waals surface area contributed by atoms with Crippen LogP contribution in [0.1, 0.15) is 30.6 Å². The number of Topliss-reactive ketones (excluding diaryl/α,β-unsaturated/α-hetero) is 1. The predicted molar refractivity (Wildman–Crippen MR) is 72.4 cm³/mol. The first-order valence-electron chi connectivity index (χ1n) is 6.44. The summed E-state index contributed by atoms with van der Waals surface area (Å²) in [5.41, 5.74) is 7.07. The summed E-state index contributed by atoms with van der Waals surface area (Å²) < 4.78 is 5.79. The van der Waals surface area contributed by atoms with E-state index < -0.39 is 0 Å². The molecule has 0 radical (unpaired) electrons. The maximum Gasteiger partial charge on any atom is 0.176 e. The van der Waals surface area contributed by atoms with Gasteiger partial charge < -0.3 is 15.4 Å². The molecule has 1 atom stereocenters. The summed E-state index contributed by atoms with van der Waals surface area (Å²) >= 11 is 0. The zero-order chi connectivity index (χ0) is 13.1. The largest absolute Gasteiger partial charge is 0.487 e. The van der Waals surface area contributed by atoms with Gasteiger partial charge in [0.15, 0.2) is 5.78 Å². The van der Waals surface area contributed by atoms with Crippen LogP contribution in [0.2, 0.25) is 0 Å². The molecule has 0 fully saturated rings. The van der Waals surface area contributed by atoms with Crippen LogP contribution in [0.4, 0.5) is 5.69 Å². The molecule has 0 aliphatic carbocycles. The lowest BCUT2D eigenvalue weighted by Crippen LogP contribution is -2.39. The van der Waals surface area contributed by atoms with Gasteiger partial charge in [-0.05, 0) is 31.5 Å². The van der Waals surface area contributed by atoms with Crippen LogP contribution in [0.3, 0.4) is 0 Å². The number of nitrogens with zero attached hydrogens (tertiary/aromatic N) is 1. The Kier molecular flexibility index (Phi) is 3.87. The summed E-state index contributed by atoms with van der Waals surface area (Å²) in [4.78, 5) is 13.9. The second-order valence-electron chi connectivity index (χ2n) is 4.68. The Labute approximate surface area is 108 Å². The highest BCUT2D eigenvalue weighted by atomic mass is 16.5. The summed E-state index contributed by atoms with van der Waals surface area (Å²) in [7, 11) is 0. The molecule has 0 bridgehead atoms. The quantitative estimate of drug-likeness (QED) is 0.826. The van der Waals surface area contributed by atoms with Gasteiger partial charge in [0.25, 0.3) is 0 Å². The van der Waals surface area contributed by atoms with Crippen molar-refractivity contribution in [3.8, 4) is 5.75 Å². The van der Waals surface area contributed by atoms with Gasteiger partial charge >= 0.3 is 0 Å². The van der Waals surface area contributed by atoms with Crippen molar-refractivity contribution in [2.24, 2.45) is 5.73 Å². The van der Waals surface area contributed by atoms with Crippen molar-refractivity contribution < 1.29 is 9.53 Å². The predicted octanol–water partition coefficient (Wildman–Crippen LogP) is 1.83. The van der Waals surface area contributed by atoms with Crippen molar-refractivity contribution in [3.63, 3.8) is 0 Å². The van der Waals surface area contributed by atoms with Crippen LogP contribution in [0.15, 0.2) is 18.2 Å². The monoisotopic (exact) mass is 248 g/mol. The van der Waals surface area contributed by atoms with E-state index >= 15 is 0 Å². The fourth-order valence-electron chi connectivity index (χ4n) is 2.30. The van der Waals surface area contributed by atoms with Crippen molar-refractivity contribution in [1.82, 2.24) is 0 Å². The van der Waals surface area contributed by atoms with Crippen molar-refractivity contribution in [1.29, 1.82) is 0 Å². The number of benzene rings is 1. The zero-order valence-corrected chi connectivity index (χ0v) is 11.0. The second-order valence-corrected chi connectivity index (χ2v) is 4.68. The van der Waals surface area contributed by atoms with Crippen molar-refractivity contribution in [2.75, 3.05) is 24.5 Å². The molecule has 4 nitrogen and oxygen atoms in total. The van der Waals surface area contributed by atoms with E-state index in [1.54, 1.807) is 6.07 Å². The van der Waals surface area contributed by atoms with Gasteiger partial charge in [-0.25, -0.2) is 0 Å². The number of ether oxygens (including phenoxy) is 1. The minimum absolute atomic E-state index is 0.0344. The summed E-state index contributed by atoms with van der Waals surface area (Å²) in [5.74, 6) is 0.823. The van der Waals surface area contributed by atoms with Gasteiger partial charge in [0.05, 0.1) is 18.8 Å². The molecule has 1 aromatic carbocycles. The molecule has 1 unspecified atom stereocenters. The number of hydrogen-bond acceptors (Lipinski definition) is 4. The molecule has 0 saturated carbocycles. The molecular formula is C14H20N2O2. The summed E-state index contributed by atoms with van der Waals surface area (Å²) in [6, 6.07) is 5.55. The van der Waals surface area contributed by atoms with Crippen molar-refractivity contribution >= 4 is 11.5 Å². The highest BCUT2D eigenvalue weighted by molar-refractivity contribution is 5.98. The molecule has 2 N–H and O–H groups in total. The first-order valence-corrected chi connectivity index (χ1v) is 6.44. The van der Waals surface area contributed by atoms with Crippen LogP contribution in [0.5, 0.6) is 5.75 Å². The molecule has 0 aromatic heterocycles. The first-order chi connectivity index (χ1) is 8.65. The molecule has 98 valence electrons. The average Bonchev–Trinajstić information content (AvgIpc) is 2.37. The van der Waals surface area contributed by atoms with E-state index in [2.05, 4.69) is 18.7 Å². The Bertz CT molecular complexity index is 445. The molecule has 0 spiro atoms. The standard InChI is InChI=1S/C14H20N2O2/c1-3-6-16-9-10(2)18-14-5-4-11(7-12(14)16)13(17)8-15/h4-5,7,10H,3,6,8-9,15H2,1-2H3. The van der Waals surface area contributed by atoms with E-state index in [1.165, 1.54) is 0 Å². The first kappa shape index (κ1) is 12.9. The Balaban J connectivity index is 2.36. The minimum Gasteiger partial charge on any atom is -0.487 e. The number of rotatable bonds is 4. The molecule has 1 heterocycles. The summed E-state index contributed by atoms with van der Waals surface area (Å²) in [5, 5.41) is 0. The Morgan fingerprint density at radius 2 is 2.33 bits per heavy atom. The van der Waals surface area contributed by atoms with E-state index in [4.69, 9.17) is 10.5 Å². The minimum atomic E-state index is -0.0344. The third-order valence-electron chi connectivity index (χ3n) is 3.11. The molecule has 1 aliphatic heterocycles. The van der Waals surface area contributed by atoms with Gasteiger partial charge in [-0.1, -0.05) is 6.92 Å². The fourth-order valence-corrected chi connectivity index (χ4v) is 2.30. The number of carbonyl (C=O) groups excluding carboxylic acids is 1. The summed E-state index contributed by atoms with van der Waals surface area (Å²) in [6.07, 6.45) is 1.25. The number of carbonyl (C=O) groups is 1. The SMILES string of the molecule is CCCN1CC(C)Oc2ccc(C(=O)CN)cc21. The van der Waals surface area contributed by atoms with Gasteiger partial charge in [-0.3, -0.25) is 4.79 Å². The Hall–Kier alpha value is -1.55. The zero-order valence-electron chi connectivity index (χ0n) is 11.0. The van der Waals surface area contributed by atoms with E-state index in [0.717, 1.165) is 30.9 Å². The second kappa shape index (κ2) is 5.40. The third kappa shape index (κ3) is 2.48. The number of nitrogens with two attached hydrogens (primary N) is 1. The van der Waals surface area contributed by atoms with Crippen LogP contribution in [-0.4, -0.2) is 31.5 Å². The maximum atomic E-state index is 11.6. The Morgan fingerprint density at radius 1 is 1.56 bits per heavy atom. The van der Waals surface area contributed by atoms with Crippen molar-refractivity contribution in [3.05, 3.63) is 23.8 Å². The topological polar surface area (TPSA) is 55.6 Å². The van der Waals surface area contributed by atoms with Crippen LogP contribution in [-0.2, 0) is 0 Å². The van der Waals surface area contributed by atoms with Gasteiger partial charge in [0.1, 0.15) is 11.9 Å². The lowest BCUT2D eigenvalue weighted by molar-refractivity contribution is 0.100. The highest BCUT2D eigenvalue weighted by Gasteiger charge is 2.23. The van der Waals surface area contributed by atoms with Crippen LogP contribution >= 0.6 is 0 Å². The van der Waals surface area contributed by atoms with E-state index in [-0.39, 0.29) is 18.4 Å². The normalized spacial score (nSPS) is 18.2. The molecule has 0 saturated heterocycles. The molecule has 1 aliphatic rings. The molecule has 4 heteroatoms. The number of anilines is 1. The van der Waals surface area contributed by atoms with Gasteiger partial charge in [-0.15, -0.1) is 0 Å². The van der Waals surface area contributed by atoms with E-state index in [0.29, 0.717) is 5.56 Å². The van der Waals surface area contributed by atoms with E-state index in [1.807, 2.05) is 12.1 Å². The van der Waals surface area contributed by atoms with Gasteiger partial charge in [0, 0.05) is 12.1 Å². The Morgan fingerprint density at radius 3 is 3.00 bits per heavy atom. The summed E-state index contributed by atoms with van der Waals surface area (Å²) in [6.45, 7) is 6.09. The van der Waals surface area contributed by atoms with Crippen LogP contribution in [0, 0.1) is 0 Å². The molecule has 1 aromatic rings. The van der Waals surface area contributed by atoms with Crippen LogP contribution < -0.4 is 15.4 Å². The number of hydrogen-bond donors (Lipinski definition) is 1. The smallest absolute Gasteiger partial charge is 0.176 e. The number of fused-ring (bicyclic) bond motifs is 1. The van der Waals surface area contributed by atoms with Gasteiger partial charge in [0.2, 0.25) is 0 Å². The molecule has 0 amide bonds. The van der Waals surface area contributed by atoms with E-state index in [9.17, 15) is 4.79 Å². The lowest BCUT2D eigenvalue weighted by Gasteiger charge is -2.35. The van der Waals surface area contributed by atoms with Crippen LogP contribution in [0.25, 0.3) is 0 Å². The molecular weight excluding hydrogens is 228 g/mol. The van der Waals surface area contributed by atoms with Gasteiger partial charge in [-0.2, -0.15) is 0 Å². The highest BCUT2D eigenvalue weighted by Crippen LogP contribution is 2.34. The maximum absolute atomic E-state index is 11.6. The third-order valence-corrected chi connectivity index (χ3v) is 3.11. The lowest BCUT2D eigenvalue weighted by atomic mass is 10.1. The molecule has 2 rings (SSSR count). The average molecular weight is 248 g/mol.